The topological polar surface area (TPSA) is 70.5 Å². The van der Waals surface area contributed by atoms with Gasteiger partial charge in [0.2, 0.25) is 0 Å². The van der Waals surface area contributed by atoms with E-state index in [1.807, 2.05) is 19.1 Å². The molecule has 2 aromatic rings. The zero-order valence-corrected chi connectivity index (χ0v) is 13.4. The maximum atomic E-state index is 12.7. The minimum Gasteiger partial charge on any atom is -0.505 e. The van der Waals surface area contributed by atoms with Crippen molar-refractivity contribution in [2.24, 2.45) is 0 Å². The summed E-state index contributed by atoms with van der Waals surface area (Å²) >= 11 is 1.28. The van der Waals surface area contributed by atoms with Gasteiger partial charge in [-0.15, -0.1) is 11.3 Å². The fourth-order valence-corrected chi connectivity index (χ4v) is 4.86. The third-order valence-electron chi connectivity index (χ3n) is 3.45. The van der Waals surface area contributed by atoms with Crippen LogP contribution in [0.5, 0.6) is 0 Å². The van der Waals surface area contributed by atoms with Gasteiger partial charge in [-0.25, -0.2) is 13.4 Å². The Labute approximate surface area is 127 Å². The lowest BCUT2D eigenvalue weighted by Crippen LogP contribution is -2.31. The van der Waals surface area contributed by atoms with Crippen molar-refractivity contribution in [2.75, 3.05) is 11.4 Å². The van der Waals surface area contributed by atoms with Gasteiger partial charge in [0.25, 0.3) is 10.0 Å². The van der Waals surface area contributed by atoms with Crippen LogP contribution in [0.2, 0.25) is 0 Å². The van der Waals surface area contributed by atoms with E-state index < -0.39 is 10.0 Å². The van der Waals surface area contributed by atoms with E-state index in [4.69, 9.17) is 0 Å². The number of hydrogen-bond donors (Lipinski definition) is 1. The second kappa shape index (κ2) is 4.57. The molecule has 2 heterocycles. The molecule has 5 nitrogen and oxygen atoms in total. The third kappa shape index (κ3) is 1.96. The number of aliphatic hydroxyl groups is 1. The first-order chi connectivity index (χ1) is 9.84. The second-order valence-electron chi connectivity index (χ2n) is 4.85. The number of sulfonamides is 1. The lowest BCUT2D eigenvalue weighted by Gasteiger charge is -2.26. The first-order valence-electron chi connectivity index (χ1n) is 6.30. The molecule has 0 spiro atoms. The largest absolute Gasteiger partial charge is 0.505 e. The van der Waals surface area contributed by atoms with E-state index in [0.717, 1.165) is 9.87 Å². The monoisotopic (exact) mass is 322 g/mol. The van der Waals surface area contributed by atoms with E-state index in [2.05, 4.69) is 4.98 Å². The van der Waals surface area contributed by atoms with Crippen LogP contribution in [0.25, 0.3) is 10.7 Å². The van der Waals surface area contributed by atoms with Crippen LogP contribution in [-0.2, 0) is 10.0 Å². The van der Waals surface area contributed by atoms with Crippen LogP contribution in [0.15, 0.2) is 24.3 Å². The van der Waals surface area contributed by atoms with Crippen LogP contribution in [0, 0.1) is 13.8 Å². The average Bonchev–Trinajstić information content (AvgIpc) is 2.81. The van der Waals surface area contributed by atoms with Crippen molar-refractivity contribution in [3.8, 4) is 0 Å². The Bertz CT molecular complexity index is 866. The summed E-state index contributed by atoms with van der Waals surface area (Å²) in [6.07, 6.45) is 0. The molecule has 7 heteroatoms. The number of rotatable bonds is 1. The van der Waals surface area contributed by atoms with Crippen molar-refractivity contribution in [1.29, 1.82) is 0 Å². The molecule has 0 aliphatic carbocycles. The Balaban J connectivity index is 2.39. The molecular formula is C14H14N2O3S2. The van der Waals surface area contributed by atoms with Crippen molar-refractivity contribution < 1.29 is 13.5 Å². The number of hydrogen-bond acceptors (Lipinski definition) is 5. The van der Waals surface area contributed by atoms with E-state index in [-0.39, 0.29) is 16.5 Å². The van der Waals surface area contributed by atoms with Crippen LogP contribution in [-0.4, -0.2) is 25.6 Å². The van der Waals surface area contributed by atoms with E-state index in [1.165, 1.54) is 18.4 Å². The summed E-state index contributed by atoms with van der Waals surface area (Å²) in [5.74, 6) is 0.0651. The molecule has 0 radical (unpaired) electrons. The van der Waals surface area contributed by atoms with Crippen LogP contribution < -0.4 is 4.31 Å². The highest BCUT2D eigenvalue weighted by molar-refractivity contribution is 8.02. The highest BCUT2D eigenvalue weighted by Gasteiger charge is 2.39. The van der Waals surface area contributed by atoms with Crippen molar-refractivity contribution in [3.05, 3.63) is 45.3 Å². The number of thiazole rings is 1. The molecule has 21 heavy (non-hydrogen) atoms. The van der Waals surface area contributed by atoms with Gasteiger partial charge < -0.3 is 5.11 Å². The number of aromatic nitrogens is 1. The molecule has 1 N–H and O–H groups in total. The van der Waals surface area contributed by atoms with Crippen LogP contribution in [0.4, 0.5) is 5.82 Å². The van der Waals surface area contributed by atoms with Gasteiger partial charge in [-0.05, 0) is 19.4 Å². The fraction of sp³-hybridized carbons (Fsp3) is 0.214. The summed E-state index contributed by atoms with van der Waals surface area (Å²) in [6, 6.07) is 7.10. The molecule has 1 aliphatic rings. The number of benzene rings is 1. The SMILES string of the molecule is Cc1nc2c(s1)C(O)=C(c1ccccc1C)S(=O)(=O)N2C. The summed E-state index contributed by atoms with van der Waals surface area (Å²) in [7, 11) is -2.36. The quantitative estimate of drug-likeness (QED) is 0.876. The first-order valence-corrected chi connectivity index (χ1v) is 8.55. The van der Waals surface area contributed by atoms with E-state index in [1.54, 1.807) is 19.1 Å². The number of nitrogens with zero attached hydrogens (tertiary/aromatic N) is 2. The van der Waals surface area contributed by atoms with Crippen LogP contribution >= 0.6 is 11.3 Å². The van der Waals surface area contributed by atoms with Gasteiger partial charge in [0.15, 0.2) is 11.6 Å². The summed E-state index contributed by atoms with van der Waals surface area (Å²) in [4.78, 5) is 4.63. The zero-order valence-electron chi connectivity index (χ0n) is 11.8. The molecule has 0 saturated heterocycles. The predicted molar refractivity (Wildman–Crippen MR) is 84.8 cm³/mol. The Morgan fingerprint density at radius 1 is 1.24 bits per heavy atom. The van der Waals surface area contributed by atoms with Gasteiger partial charge in [-0.1, -0.05) is 24.3 Å². The number of aryl methyl sites for hydroxylation is 2. The third-order valence-corrected chi connectivity index (χ3v) is 6.24. The van der Waals surface area contributed by atoms with Gasteiger partial charge in [-0.3, -0.25) is 4.31 Å². The van der Waals surface area contributed by atoms with E-state index >= 15 is 0 Å². The molecule has 0 atom stereocenters. The van der Waals surface area contributed by atoms with Gasteiger partial charge in [0.05, 0.1) is 5.01 Å². The van der Waals surface area contributed by atoms with Crippen molar-refractivity contribution >= 4 is 37.8 Å². The Kier molecular flexibility index (Phi) is 3.07. The van der Waals surface area contributed by atoms with Crippen molar-refractivity contribution in [2.45, 2.75) is 13.8 Å². The van der Waals surface area contributed by atoms with Crippen molar-refractivity contribution in [3.63, 3.8) is 0 Å². The summed E-state index contributed by atoms with van der Waals surface area (Å²) in [5.41, 5.74) is 1.30. The molecule has 0 amide bonds. The summed E-state index contributed by atoms with van der Waals surface area (Å²) in [6.45, 7) is 3.60. The Morgan fingerprint density at radius 3 is 2.57 bits per heavy atom. The number of aliphatic hydroxyl groups excluding tert-OH is 1. The van der Waals surface area contributed by atoms with Crippen molar-refractivity contribution in [1.82, 2.24) is 4.98 Å². The average molecular weight is 322 g/mol. The minimum atomic E-state index is -3.82. The van der Waals surface area contributed by atoms with Crippen LogP contribution in [0.3, 0.4) is 0 Å². The Hall–Kier alpha value is -1.86. The fourth-order valence-electron chi connectivity index (χ4n) is 2.35. The minimum absolute atomic E-state index is 0.0562. The summed E-state index contributed by atoms with van der Waals surface area (Å²) < 4.78 is 26.6. The standard InChI is InChI=1S/C14H14N2O3S2/c1-8-6-4-5-7-10(8)13-11(17)12-14(15-9(2)20-12)16(3)21(13,18)19/h4-7,17H,1-3H3. The molecule has 1 aromatic carbocycles. The molecule has 0 unspecified atom stereocenters. The normalized spacial score (nSPS) is 17.0. The van der Waals surface area contributed by atoms with Gasteiger partial charge >= 0.3 is 0 Å². The highest BCUT2D eigenvalue weighted by atomic mass is 32.2. The zero-order chi connectivity index (χ0) is 15.4. The number of fused-ring (bicyclic) bond motifs is 1. The van der Waals surface area contributed by atoms with E-state index in [0.29, 0.717) is 15.4 Å². The molecule has 0 saturated carbocycles. The molecular weight excluding hydrogens is 308 g/mol. The molecule has 110 valence electrons. The van der Waals surface area contributed by atoms with Crippen LogP contribution in [0.1, 0.15) is 21.0 Å². The lowest BCUT2D eigenvalue weighted by molar-refractivity contribution is 0.515. The van der Waals surface area contributed by atoms with E-state index in [9.17, 15) is 13.5 Å². The maximum absolute atomic E-state index is 12.7. The Morgan fingerprint density at radius 2 is 1.90 bits per heavy atom. The maximum Gasteiger partial charge on any atom is 0.269 e. The smallest absolute Gasteiger partial charge is 0.269 e. The first kappa shape index (κ1) is 14.1. The molecule has 0 fully saturated rings. The molecule has 3 rings (SSSR count). The molecule has 0 bridgehead atoms. The molecule has 1 aliphatic heterocycles. The second-order valence-corrected chi connectivity index (χ2v) is 7.96. The predicted octanol–water partition coefficient (Wildman–Crippen LogP) is 2.92. The van der Waals surface area contributed by atoms with Gasteiger partial charge in [0, 0.05) is 12.6 Å². The summed E-state index contributed by atoms with van der Waals surface area (Å²) in [5, 5.41) is 11.2. The molecule has 1 aromatic heterocycles. The number of anilines is 1. The van der Waals surface area contributed by atoms with Gasteiger partial charge in [0.1, 0.15) is 9.78 Å². The van der Waals surface area contributed by atoms with Gasteiger partial charge in [-0.2, -0.15) is 0 Å². The lowest BCUT2D eigenvalue weighted by atomic mass is 10.1. The highest BCUT2D eigenvalue weighted by Crippen LogP contribution is 2.44.